The highest BCUT2D eigenvalue weighted by Crippen LogP contribution is 2.20. The molecule has 2 aromatic carbocycles. The molecule has 0 aliphatic carbocycles. The Labute approximate surface area is 134 Å². The maximum atomic E-state index is 12.6. The molecular weight excluding hydrogens is 290 g/mol. The third kappa shape index (κ3) is 2.88. The molecule has 0 unspecified atom stereocenters. The molecule has 0 saturated carbocycles. The number of rotatable bonds is 4. The number of esters is 1. The summed E-state index contributed by atoms with van der Waals surface area (Å²) in [6.45, 7) is 3.43. The third-order valence-electron chi connectivity index (χ3n) is 3.87. The number of para-hydroxylation sites is 1. The summed E-state index contributed by atoms with van der Waals surface area (Å²) in [6.07, 6.45) is 0.812. The van der Waals surface area contributed by atoms with Crippen LogP contribution in [0.5, 0.6) is 0 Å². The zero-order valence-corrected chi connectivity index (χ0v) is 13.0. The summed E-state index contributed by atoms with van der Waals surface area (Å²) < 4.78 is 5.35. The van der Waals surface area contributed by atoms with Gasteiger partial charge >= 0.3 is 5.97 Å². The molecule has 1 aromatic heterocycles. The number of carbonyl (C=O) groups is 2. The van der Waals surface area contributed by atoms with Gasteiger partial charge in [0.1, 0.15) is 0 Å². The quantitative estimate of drug-likeness (QED) is 0.587. The Kier molecular flexibility index (Phi) is 3.98. The Balaban J connectivity index is 1.80. The van der Waals surface area contributed by atoms with Crippen LogP contribution < -0.4 is 0 Å². The molecule has 116 valence electrons. The first kappa shape index (κ1) is 15.0. The maximum Gasteiger partial charge on any atom is 0.339 e. The van der Waals surface area contributed by atoms with Crippen LogP contribution in [0, 0.1) is 6.92 Å². The molecule has 0 amide bonds. The molecule has 3 rings (SSSR count). The van der Waals surface area contributed by atoms with Crippen molar-refractivity contribution in [3.05, 3.63) is 71.4 Å². The number of hydrogen-bond donors (Lipinski definition) is 1. The Morgan fingerprint density at radius 1 is 1.00 bits per heavy atom. The van der Waals surface area contributed by atoms with Gasteiger partial charge in [0, 0.05) is 22.7 Å². The summed E-state index contributed by atoms with van der Waals surface area (Å²) in [7, 11) is 0. The van der Waals surface area contributed by atoms with E-state index in [2.05, 4.69) is 4.98 Å². The smallest absolute Gasteiger partial charge is 0.339 e. The van der Waals surface area contributed by atoms with E-state index in [4.69, 9.17) is 4.74 Å². The Morgan fingerprint density at radius 3 is 2.48 bits per heavy atom. The Bertz CT molecular complexity index is 879. The van der Waals surface area contributed by atoms with Crippen molar-refractivity contribution in [2.75, 3.05) is 0 Å². The zero-order valence-electron chi connectivity index (χ0n) is 13.0. The third-order valence-corrected chi connectivity index (χ3v) is 3.87. The number of aryl methyl sites for hydroxylation is 1. The number of fused-ring (bicyclic) bond motifs is 1. The van der Waals surface area contributed by atoms with Gasteiger partial charge in [-0.15, -0.1) is 0 Å². The summed E-state index contributed by atoms with van der Waals surface area (Å²) in [6, 6.07) is 14.7. The number of H-pyrrole nitrogens is 1. The van der Waals surface area contributed by atoms with Gasteiger partial charge in [-0.2, -0.15) is 0 Å². The van der Waals surface area contributed by atoms with Crippen molar-refractivity contribution in [3.63, 3.8) is 0 Å². The predicted octanol–water partition coefficient (Wildman–Crippen LogP) is 3.90. The highest BCUT2D eigenvalue weighted by atomic mass is 16.5. The molecule has 4 heteroatoms. The number of nitrogens with one attached hydrogen (secondary N) is 1. The number of aromatic amines is 1. The molecule has 0 radical (unpaired) electrons. The summed E-state index contributed by atoms with van der Waals surface area (Å²) in [5.41, 5.74) is 2.72. The molecule has 23 heavy (non-hydrogen) atoms. The van der Waals surface area contributed by atoms with Crippen LogP contribution in [0.2, 0.25) is 0 Å². The number of carbonyl (C=O) groups excluding carboxylic acids is 2. The molecule has 0 aliphatic heterocycles. The predicted molar refractivity (Wildman–Crippen MR) is 88.7 cm³/mol. The minimum Gasteiger partial charge on any atom is -0.451 e. The lowest BCUT2D eigenvalue weighted by Crippen LogP contribution is -2.24. The number of hydrogen-bond acceptors (Lipinski definition) is 3. The molecule has 1 heterocycles. The molecule has 1 N–H and O–H groups in total. The van der Waals surface area contributed by atoms with E-state index < -0.39 is 12.1 Å². The molecule has 0 fully saturated rings. The number of ether oxygens (including phenoxy) is 1. The summed E-state index contributed by atoms with van der Waals surface area (Å²) in [5, 5.41) is 0.830. The van der Waals surface area contributed by atoms with Crippen LogP contribution in [0.4, 0.5) is 0 Å². The molecule has 0 bridgehead atoms. The summed E-state index contributed by atoms with van der Waals surface area (Å²) >= 11 is 0. The van der Waals surface area contributed by atoms with Crippen LogP contribution in [0.25, 0.3) is 10.9 Å². The van der Waals surface area contributed by atoms with Gasteiger partial charge in [-0.3, -0.25) is 4.79 Å². The standard InChI is InChI=1S/C19H17NO3/c1-12-7-3-4-8-14(12)19(22)23-13(2)18(21)16-11-20-17-10-6-5-9-15(16)17/h3-11,13,20H,1-2H3/t13-/m0/s1. The van der Waals surface area contributed by atoms with E-state index in [9.17, 15) is 9.59 Å². The van der Waals surface area contributed by atoms with Crippen molar-refractivity contribution in [2.24, 2.45) is 0 Å². The minimum atomic E-state index is -0.846. The van der Waals surface area contributed by atoms with Gasteiger partial charge < -0.3 is 9.72 Å². The zero-order chi connectivity index (χ0) is 16.4. The average Bonchev–Trinajstić information content (AvgIpc) is 2.98. The molecule has 0 saturated heterocycles. The molecule has 4 nitrogen and oxygen atoms in total. The van der Waals surface area contributed by atoms with Crippen molar-refractivity contribution in [2.45, 2.75) is 20.0 Å². The molecule has 1 atom stereocenters. The van der Waals surface area contributed by atoms with E-state index in [0.717, 1.165) is 16.5 Å². The lowest BCUT2D eigenvalue weighted by Gasteiger charge is -2.13. The second-order valence-corrected chi connectivity index (χ2v) is 5.47. The van der Waals surface area contributed by atoms with Gasteiger partial charge in [0.2, 0.25) is 5.78 Å². The first-order chi connectivity index (χ1) is 11.1. The fraction of sp³-hybridized carbons (Fsp3) is 0.158. The van der Waals surface area contributed by atoms with Crippen LogP contribution in [-0.2, 0) is 4.74 Å². The van der Waals surface area contributed by atoms with Gasteiger partial charge in [0.15, 0.2) is 6.10 Å². The Morgan fingerprint density at radius 2 is 1.70 bits per heavy atom. The molecule has 0 aliphatic rings. The van der Waals surface area contributed by atoms with Crippen molar-refractivity contribution < 1.29 is 14.3 Å². The number of Topliss-reactive ketones (excluding diaryl/α,β-unsaturated/α-hetero) is 1. The number of benzene rings is 2. The first-order valence-corrected chi connectivity index (χ1v) is 7.45. The van der Waals surface area contributed by atoms with Crippen molar-refractivity contribution >= 4 is 22.7 Å². The van der Waals surface area contributed by atoms with Crippen LogP contribution in [0.15, 0.2) is 54.7 Å². The lowest BCUT2D eigenvalue weighted by atomic mass is 10.1. The topological polar surface area (TPSA) is 59.2 Å². The van der Waals surface area contributed by atoms with Gasteiger partial charge in [-0.05, 0) is 31.5 Å². The highest BCUT2D eigenvalue weighted by molar-refractivity contribution is 6.10. The van der Waals surface area contributed by atoms with E-state index in [-0.39, 0.29) is 5.78 Å². The highest BCUT2D eigenvalue weighted by Gasteiger charge is 2.23. The largest absolute Gasteiger partial charge is 0.451 e. The van der Waals surface area contributed by atoms with Crippen LogP contribution in [-0.4, -0.2) is 22.8 Å². The molecule has 3 aromatic rings. The second kappa shape index (κ2) is 6.08. The summed E-state index contributed by atoms with van der Waals surface area (Å²) in [4.78, 5) is 27.9. The van der Waals surface area contributed by atoms with E-state index >= 15 is 0 Å². The molecule has 0 spiro atoms. The normalized spacial score (nSPS) is 12.1. The van der Waals surface area contributed by atoms with E-state index in [1.54, 1.807) is 25.3 Å². The molecular formula is C19H17NO3. The fourth-order valence-electron chi connectivity index (χ4n) is 2.57. The van der Waals surface area contributed by atoms with Gasteiger partial charge in [-0.1, -0.05) is 36.4 Å². The number of aromatic nitrogens is 1. The fourth-order valence-corrected chi connectivity index (χ4v) is 2.57. The van der Waals surface area contributed by atoms with E-state index in [1.807, 2.05) is 43.3 Å². The van der Waals surface area contributed by atoms with Crippen LogP contribution in [0.3, 0.4) is 0 Å². The monoisotopic (exact) mass is 307 g/mol. The lowest BCUT2D eigenvalue weighted by molar-refractivity contribution is 0.0318. The van der Waals surface area contributed by atoms with Gasteiger partial charge in [0.25, 0.3) is 0 Å². The van der Waals surface area contributed by atoms with E-state index in [1.165, 1.54) is 0 Å². The van der Waals surface area contributed by atoms with Crippen LogP contribution in [0.1, 0.15) is 33.2 Å². The maximum absolute atomic E-state index is 12.6. The van der Waals surface area contributed by atoms with Gasteiger partial charge in [0.05, 0.1) is 5.56 Å². The second-order valence-electron chi connectivity index (χ2n) is 5.47. The van der Waals surface area contributed by atoms with Crippen molar-refractivity contribution in [1.82, 2.24) is 4.98 Å². The minimum absolute atomic E-state index is 0.218. The van der Waals surface area contributed by atoms with Crippen LogP contribution >= 0.6 is 0 Å². The van der Waals surface area contributed by atoms with Crippen molar-refractivity contribution in [1.29, 1.82) is 0 Å². The first-order valence-electron chi connectivity index (χ1n) is 7.45. The average molecular weight is 307 g/mol. The van der Waals surface area contributed by atoms with Crippen molar-refractivity contribution in [3.8, 4) is 0 Å². The SMILES string of the molecule is Cc1ccccc1C(=O)O[C@@H](C)C(=O)c1c[nH]c2ccccc12. The van der Waals surface area contributed by atoms with Gasteiger partial charge in [-0.25, -0.2) is 4.79 Å². The summed E-state index contributed by atoms with van der Waals surface area (Å²) in [5.74, 6) is -0.701. The number of ketones is 1. The Hall–Kier alpha value is -2.88. The van der Waals surface area contributed by atoms with E-state index in [0.29, 0.717) is 11.1 Å².